The van der Waals surface area contributed by atoms with E-state index in [0.29, 0.717) is 0 Å². The normalized spacial score (nSPS) is 26.7. The number of likely N-dealkylation sites (tertiary alicyclic amines) is 1. The van der Waals surface area contributed by atoms with Crippen molar-refractivity contribution in [3.05, 3.63) is 0 Å². The van der Waals surface area contributed by atoms with Gasteiger partial charge in [-0.15, -0.1) is 0 Å². The van der Waals surface area contributed by atoms with Crippen LogP contribution in [0.4, 0.5) is 0 Å². The molecular formula is C15H31N3. The molecule has 1 heterocycles. The van der Waals surface area contributed by atoms with E-state index in [4.69, 9.17) is 5.73 Å². The van der Waals surface area contributed by atoms with Crippen LogP contribution in [-0.2, 0) is 0 Å². The van der Waals surface area contributed by atoms with Gasteiger partial charge in [-0.25, -0.2) is 0 Å². The van der Waals surface area contributed by atoms with Gasteiger partial charge in [-0.3, -0.25) is 0 Å². The van der Waals surface area contributed by atoms with Crippen molar-refractivity contribution in [2.24, 2.45) is 5.73 Å². The Hall–Kier alpha value is -0.120. The van der Waals surface area contributed by atoms with E-state index >= 15 is 0 Å². The molecule has 1 saturated carbocycles. The van der Waals surface area contributed by atoms with E-state index in [9.17, 15) is 0 Å². The van der Waals surface area contributed by atoms with Crippen molar-refractivity contribution in [3.63, 3.8) is 0 Å². The Morgan fingerprint density at radius 2 is 1.78 bits per heavy atom. The highest BCUT2D eigenvalue weighted by molar-refractivity contribution is 4.88. The van der Waals surface area contributed by atoms with Gasteiger partial charge in [-0.1, -0.05) is 19.3 Å². The Labute approximate surface area is 113 Å². The van der Waals surface area contributed by atoms with Gasteiger partial charge < -0.3 is 15.5 Å². The van der Waals surface area contributed by atoms with Gasteiger partial charge in [0.1, 0.15) is 0 Å². The summed E-state index contributed by atoms with van der Waals surface area (Å²) < 4.78 is 0. The molecule has 0 aromatic rings. The van der Waals surface area contributed by atoms with E-state index in [-0.39, 0.29) is 5.54 Å². The molecule has 0 aromatic heterocycles. The molecule has 0 radical (unpaired) electrons. The summed E-state index contributed by atoms with van der Waals surface area (Å²) in [4.78, 5) is 5.01. The molecule has 2 aliphatic rings. The number of hydrogen-bond acceptors (Lipinski definition) is 3. The van der Waals surface area contributed by atoms with E-state index in [1.165, 1.54) is 71.0 Å². The Morgan fingerprint density at radius 3 is 2.39 bits per heavy atom. The molecule has 3 heteroatoms. The predicted octanol–water partition coefficient (Wildman–Crippen LogP) is 2.06. The van der Waals surface area contributed by atoms with Crippen molar-refractivity contribution < 1.29 is 0 Å². The van der Waals surface area contributed by atoms with Crippen molar-refractivity contribution >= 4 is 0 Å². The molecule has 0 spiro atoms. The number of rotatable bonds is 4. The van der Waals surface area contributed by atoms with Crippen molar-refractivity contribution in [2.75, 3.05) is 33.7 Å². The largest absolute Gasteiger partial charge is 0.325 e. The first kappa shape index (κ1) is 14.3. The highest BCUT2D eigenvalue weighted by atomic mass is 15.2. The van der Waals surface area contributed by atoms with E-state index < -0.39 is 0 Å². The van der Waals surface area contributed by atoms with Gasteiger partial charge in [0.05, 0.1) is 0 Å². The Morgan fingerprint density at radius 1 is 1.17 bits per heavy atom. The van der Waals surface area contributed by atoms with Crippen LogP contribution < -0.4 is 5.73 Å². The van der Waals surface area contributed by atoms with Crippen LogP contribution >= 0.6 is 0 Å². The summed E-state index contributed by atoms with van der Waals surface area (Å²) in [6.07, 6.45) is 10.4. The zero-order valence-electron chi connectivity index (χ0n) is 12.3. The second-order valence-corrected chi connectivity index (χ2v) is 6.69. The molecule has 106 valence electrons. The van der Waals surface area contributed by atoms with E-state index in [0.717, 1.165) is 6.04 Å². The Kier molecular flexibility index (Phi) is 5.05. The number of nitrogens with two attached hydrogens (primary N) is 1. The fourth-order valence-corrected chi connectivity index (χ4v) is 3.52. The van der Waals surface area contributed by atoms with Gasteiger partial charge in [0, 0.05) is 11.6 Å². The maximum atomic E-state index is 6.52. The number of piperidine rings is 1. The fourth-order valence-electron chi connectivity index (χ4n) is 3.52. The Balaban J connectivity index is 1.72. The lowest BCUT2D eigenvalue weighted by Gasteiger charge is -2.38. The predicted molar refractivity (Wildman–Crippen MR) is 77.8 cm³/mol. The van der Waals surface area contributed by atoms with Crippen LogP contribution in [0.25, 0.3) is 0 Å². The molecule has 0 bridgehead atoms. The molecule has 0 amide bonds. The zero-order valence-corrected chi connectivity index (χ0v) is 12.3. The van der Waals surface area contributed by atoms with Crippen molar-refractivity contribution in [3.8, 4) is 0 Å². The average Bonchev–Trinajstić information content (AvgIpc) is 2.38. The van der Waals surface area contributed by atoms with Gasteiger partial charge in [-0.05, 0) is 65.8 Å². The molecule has 1 aliphatic carbocycles. The smallest absolute Gasteiger partial charge is 0.0166 e. The van der Waals surface area contributed by atoms with E-state index in [2.05, 4.69) is 23.9 Å². The van der Waals surface area contributed by atoms with Crippen LogP contribution in [0.5, 0.6) is 0 Å². The van der Waals surface area contributed by atoms with E-state index in [1.54, 1.807) is 0 Å². The molecule has 0 atom stereocenters. The SMILES string of the molecule is CN1CCC(N(C)CCC2(N)CCCCC2)CC1. The summed E-state index contributed by atoms with van der Waals surface area (Å²) in [5, 5.41) is 0. The molecule has 1 aliphatic heterocycles. The molecule has 2 N–H and O–H groups in total. The second-order valence-electron chi connectivity index (χ2n) is 6.69. The maximum absolute atomic E-state index is 6.52. The molecular weight excluding hydrogens is 222 g/mol. The van der Waals surface area contributed by atoms with Crippen LogP contribution in [0.2, 0.25) is 0 Å². The van der Waals surface area contributed by atoms with Crippen molar-refractivity contribution in [1.82, 2.24) is 9.80 Å². The minimum atomic E-state index is 0.151. The summed E-state index contributed by atoms with van der Waals surface area (Å²) in [5.74, 6) is 0. The van der Waals surface area contributed by atoms with Gasteiger partial charge >= 0.3 is 0 Å². The lowest BCUT2D eigenvalue weighted by molar-refractivity contribution is 0.130. The second kappa shape index (κ2) is 6.36. The third-order valence-electron chi connectivity index (χ3n) is 5.12. The minimum Gasteiger partial charge on any atom is -0.325 e. The lowest BCUT2D eigenvalue weighted by atomic mass is 9.80. The van der Waals surface area contributed by atoms with Crippen LogP contribution in [0.3, 0.4) is 0 Å². The average molecular weight is 253 g/mol. The fraction of sp³-hybridized carbons (Fsp3) is 1.00. The van der Waals surface area contributed by atoms with Gasteiger partial charge in [-0.2, -0.15) is 0 Å². The third-order valence-corrected chi connectivity index (χ3v) is 5.12. The molecule has 3 nitrogen and oxygen atoms in total. The molecule has 1 saturated heterocycles. The first-order valence-corrected chi connectivity index (χ1v) is 7.77. The van der Waals surface area contributed by atoms with Crippen LogP contribution in [0.15, 0.2) is 0 Å². The van der Waals surface area contributed by atoms with Gasteiger partial charge in [0.2, 0.25) is 0 Å². The first-order valence-electron chi connectivity index (χ1n) is 7.77. The highest BCUT2D eigenvalue weighted by Crippen LogP contribution is 2.29. The molecule has 2 rings (SSSR count). The highest BCUT2D eigenvalue weighted by Gasteiger charge is 2.28. The number of nitrogens with zero attached hydrogens (tertiary/aromatic N) is 2. The van der Waals surface area contributed by atoms with Gasteiger partial charge in [0.25, 0.3) is 0 Å². The standard InChI is InChI=1S/C15H31N3/c1-17-11-6-14(7-12-17)18(2)13-10-15(16)8-4-3-5-9-15/h14H,3-13,16H2,1-2H3. The summed E-state index contributed by atoms with van der Waals surface area (Å²) in [5.41, 5.74) is 6.67. The molecule has 2 fully saturated rings. The summed E-state index contributed by atoms with van der Waals surface area (Å²) in [7, 11) is 4.52. The van der Waals surface area contributed by atoms with Gasteiger partial charge in [0.15, 0.2) is 0 Å². The van der Waals surface area contributed by atoms with Crippen molar-refractivity contribution in [1.29, 1.82) is 0 Å². The molecule has 0 unspecified atom stereocenters. The zero-order chi connectivity index (χ0) is 13.0. The number of hydrogen-bond donors (Lipinski definition) is 1. The van der Waals surface area contributed by atoms with Crippen molar-refractivity contribution in [2.45, 2.75) is 62.9 Å². The van der Waals surface area contributed by atoms with E-state index in [1.807, 2.05) is 0 Å². The maximum Gasteiger partial charge on any atom is 0.0166 e. The third kappa shape index (κ3) is 3.94. The minimum absolute atomic E-state index is 0.151. The molecule has 0 aromatic carbocycles. The monoisotopic (exact) mass is 253 g/mol. The molecule has 18 heavy (non-hydrogen) atoms. The van der Waals surface area contributed by atoms with Crippen LogP contribution in [-0.4, -0.2) is 55.1 Å². The lowest BCUT2D eigenvalue weighted by Crippen LogP contribution is -2.47. The Bertz CT molecular complexity index is 240. The van der Waals surface area contributed by atoms with Crippen LogP contribution in [0.1, 0.15) is 51.4 Å². The summed E-state index contributed by atoms with van der Waals surface area (Å²) >= 11 is 0. The first-order chi connectivity index (χ1) is 8.59. The summed E-state index contributed by atoms with van der Waals surface area (Å²) in [6.45, 7) is 3.69. The topological polar surface area (TPSA) is 32.5 Å². The summed E-state index contributed by atoms with van der Waals surface area (Å²) in [6, 6.07) is 0.786. The van der Waals surface area contributed by atoms with Crippen LogP contribution in [0, 0.1) is 0 Å². The quantitative estimate of drug-likeness (QED) is 0.832.